The topological polar surface area (TPSA) is 51.8 Å². The van der Waals surface area contributed by atoms with Gasteiger partial charge in [0.2, 0.25) is 0 Å². The number of aromatic nitrogens is 3. The molecule has 1 aliphatic carbocycles. The maximum Gasteiger partial charge on any atom is 0.164 e. The van der Waals surface area contributed by atoms with Gasteiger partial charge in [-0.3, -0.25) is 0 Å². The zero-order chi connectivity index (χ0) is 33.4. The molecule has 4 heteroatoms. The van der Waals surface area contributed by atoms with E-state index < -0.39 is 0 Å². The summed E-state index contributed by atoms with van der Waals surface area (Å²) in [6.07, 6.45) is 0. The first-order valence-corrected chi connectivity index (χ1v) is 17.0. The van der Waals surface area contributed by atoms with Gasteiger partial charge in [-0.2, -0.15) is 0 Å². The first-order chi connectivity index (χ1) is 24.5. The summed E-state index contributed by atoms with van der Waals surface area (Å²) in [6, 6.07) is 53.1. The van der Waals surface area contributed by atoms with Gasteiger partial charge in [-0.1, -0.05) is 135 Å². The molecule has 2 aromatic heterocycles. The van der Waals surface area contributed by atoms with Crippen LogP contribution in [-0.4, -0.2) is 15.0 Å². The normalized spacial score (nSPS) is 13.2. The largest absolute Gasteiger partial charge is 0.455 e. The summed E-state index contributed by atoms with van der Waals surface area (Å²) in [4.78, 5) is 15.6. The van der Waals surface area contributed by atoms with Gasteiger partial charge < -0.3 is 4.42 Å². The Morgan fingerprint density at radius 2 is 1.08 bits per heavy atom. The fourth-order valence-corrected chi connectivity index (χ4v) is 7.79. The van der Waals surface area contributed by atoms with Gasteiger partial charge in [0.05, 0.1) is 0 Å². The third-order valence-corrected chi connectivity index (χ3v) is 10.3. The Morgan fingerprint density at radius 3 is 1.90 bits per heavy atom. The van der Waals surface area contributed by atoms with Crippen LogP contribution in [0.25, 0.3) is 89.1 Å². The number of hydrogen-bond acceptors (Lipinski definition) is 4. The first-order valence-electron chi connectivity index (χ1n) is 17.0. The van der Waals surface area contributed by atoms with Crippen molar-refractivity contribution in [3.05, 3.63) is 163 Å². The summed E-state index contributed by atoms with van der Waals surface area (Å²) in [5.41, 5.74) is 11.8. The maximum atomic E-state index is 6.64. The highest BCUT2D eigenvalue weighted by atomic mass is 16.3. The molecule has 0 radical (unpaired) electrons. The highest BCUT2D eigenvalue weighted by Gasteiger charge is 2.35. The third kappa shape index (κ3) is 4.35. The van der Waals surface area contributed by atoms with Gasteiger partial charge >= 0.3 is 0 Å². The number of benzene rings is 7. The van der Waals surface area contributed by atoms with Crippen LogP contribution in [0.4, 0.5) is 0 Å². The van der Waals surface area contributed by atoms with Crippen molar-refractivity contribution in [2.75, 3.05) is 0 Å². The van der Waals surface area contributed by atoms with Crippen molar-refractivity contribution < 1.29 is 4.42 Å². The molecule has 0 amide bonds. The van der Waals surface area contributed by atoms with Crippen LogP contribution in [0.3, 0.4) is 0 Å². The lowest BCUT2D eigenvalue weighted by Crippen LogP contribution is -2.15. The highest BCUT2D eigenvalue weighted by molar-refractivity contribution is 6.21. The van der Waals surface area contributed by atoms with Crippen LogP contribution in [0.2, 0.25) is 0 Å². The van der Waals surface area contributed by atoms with Crippen molar-refractivity contribution in [2.45, 2.75) is 19.3 Å². The molecule has 0 bridgehead atoms. The summed E-state index contributed by atoms with van der Waals surface area (Å²) in [5.74, 6) is 1.88. The van der Waals surface area contributed by atoms with E-state index in [-0.39, 0.29) is 5.41 Å². The molecular weight excluding hydrogens is 611 g/mol. The van der Waals surface area contributed by atoms with E-state index in [0.29, 0.717) is 17.5 Å². The van der Waals surface area contributed by atoms with Crippen molar-refractivity contribution in [2.24, 2.45) is 0 Å². The minimum atomic E-state index is -0.142. The monoisotopic (exact) mass is 641 g/mol. The number of fused-ring (bicyclic) bond motifs is 8. The first kappa shape index (κ1) is 28.6. The van der Waals surface area contributed by atoms with Gasteiger partial charge in [0.15, 0.2) is 17.5 Å². The van der Waals surface area contributed by atoms with Crippen LogP contribution in [0, 0.1) is 0 Å². The van der Waals surface area contributed by atoms with Gasteiger partial charge in [-0.05, 0) is 69.1 Å². The second kappa shape index (κ2) is 10.8. The number of nitrogens with zero attached hydrogens (tertiary/aromatic N) is 3. The molecule has 10 rings (SSSR count). The van der Waals surface area contributed by atoms with Gasteiger partial charge in [0.25, 0.3) is 0 Å². The predicted molar refractivity (Wildman–Crippen MR) is 204 cm³/mol. The quantitative estimate of drug-likeness (QED) is 0.192. The molecule has 50 heavy (non-hydrogen) atoms. The van der Waals surface area contributed by atoms with Gasteiger partial charge in [-0.25, -0.2) is 15.0 Å². The molecule has 1 aliphatic rings. The Bertz CT molecular complexity index is 2780. The Morgan fingerprint density at radius 1 is 0.440 bits per heavy atom. The Hall–Kier alpha value is -6.39. The van der Waals surface area contributed by atoms with Gasteiger partial charge in [0, 0.05) is 38.3 Å². The fourth-order valence-electron chi connectivity index (χ4n) is 7.79. The zero-order valence-electron chi connectivity index (χ0n) is 27.7. The molecule has 2 heterocycles. The number of hydrogen-bond donors (Lipinski definition) is 0. The lowest BCUT2D eigenvalue weighted by atomic mass is 9.82. The Labute approximate surface area is 289 Å². The van der Waals surface area contributed by atoms with Crippen molar-refractivity contribution in [3.8, 4) is 56.4 Å². The van der Waals surface area contributed by atoms with E-state index in [0.717, 1.165) is 60.5 Å². The van der Waals surface area contributed by atoms with Crippen molar-refractivity contribution >= 4 is 32.7 Å². The molecule has 0 saturated carbocycles. The van der Waals surface area contributed by atoms with E-state index in [1.165, 1.54) is 22.3 Å². The molecule has 0 unspecified atom stereocenters. The lowest BCUT2D eigenvalue weighted by Gasteiger charge is -2.21. The molecule has 236 valence electrons. The highest BCUT2D eigenvalue weighted by Crippen LogP contribution is 2.49. The smallest absolute Gasteiger partial charge is 0.164 e. The summed E-state index contributed by atoms with van der Waals surface area (Å²) >= 11 is 0. The van der Waals surface area contributed by atoms with Crippen LogP contribution < -0.4 is 0 Å². The average Bonchev–Trinajstić information content (AvgIpc) is 3.67. The van der Waals surface area contributed by atoms with E-state index >= 15 is 0 Å². The van der Waals surface area contributed by atoms with Crippen molar-refractivity contribution in [3.63, 3.8) is 0 Å². The van der Waals surface area contributed by atoms with Gasteiger partial charge in [-0.15, -0.1) is 0 Å². The third-order valence-electron chi connectivity index (χ3n) is 10.3. The molecule has 7 aromatic carbocycles. The van der Waals surface area contributed by atoms with Crippen LogP contribution in [0.15, 0.2) is 156 Å². The molecule has 0 atom stereocenters. The standard InChI is InChI=1S/C46H31N3O/c1-46(2)38-19-11-9-17-34(38)35-24-22-31(27-39(35)46)44-47-43(29-15-7-4-8-16-29)48-45(49-44)37-26-32-25-30(28-13-5-3-6-14-28)21-23-33(32)42-41(37)36-18-10-12-20-40(36)50-42/h3-27H,1-2H3. The van der Waals surface area contributed by atoms with Crippen LogP contribution >= 0.6 is 0 Å². The van der Waals surface area contributed by atoms with E-state index in [1.807, 2.05) is 36.4 Å². The van der Waals surface area contributed by atoms with Crippen molar-refractivity contribution in [1.82, 2.24) is 15.0 Å². The van der Waals surface area contributed by atoms with Crippen LogP contribution in [0.5, 0.6) is 0 Å². The second-order valence-electron chi connectivity index (χ2n) is 13.6. The molecule has 0 N–H and O–H groups in total. The minimum Gasteiger partial charge on any atom is -0.455 e. The molecule has 0 aliphatic heterocycles. The second-order valence-corrected chi connectivity index (χ2v) is 13.6. The number of rotatable bonds is 4. The summed E-state index contributed by atoms with van der Waals surface area (Å²) in [7, 11) is 0. The average molecular weight is 642 g/mol. The van der Waals surface area contributed by atoms with E-state index in [2.05, 4.69) is 129 Å². The molecule has 9 aromatic rings. The number of furan rings is 1. The van der Waals surface area contributed by atoms with E-state index in [4.69, 9.17) is 19.4 Å². The van der Waals surface area contributed by atoms with Crippen molar-refractivity contribution in [1.29, 1.82) is 0 Å². The van der Waals surface area contributed by atoms with Crippen LogP contribution in [-0.2, 0) is 5.41 Å². The molecular formula is C46H31N3O. The fraction of sp³-hybridized carbons (Fsp3) is 0.0652. The predicted octanol–water partition coefficient (Wildman–Crippen LogP) is 11.9. The SMILES string of the molecule is CC1(C)c2ccccc2-c2ccc(-c3nc(-c4ccccc4)nc(-c4cc5cc(-c6ccccc6)ccc5c5oc6ccccc6c45)n3)cc21. The molecule has 4 nitrogen and oxygen atoms in total. The minimum absolute atomic E-state index is 0.142. The van der Waals surface area contributed by atoms with Gasteiger partial charge in [0.1, 0.15) is 11.2 Å². The molecule has 0 saturated heterocycles. The van der Waals surface area contributed by atoms with E-state index in [1.54, 1.807) is 0 Å². The molecule has 0 fully saturated rings. The summed E-state index contributed by atoms with van der Waals surface area (Å²) in [6.45, 7) is 4.60. The summed E-state index contributed by atoms with van der Waals surface area (Å²) in [5, 5.41) is 4.15. The Kier molecular flexibility index (Phi) is 6.19. The zero-order valence-corrected chi connectivity index (χ0v) is 27.7. The molecule has 0 spiro atoms. The lowest BCUT2D eigenvalue weighted by molar-refractivity contribution is 0.660. The maximum absolute atomic E-state index is 6.64. The number of para-hydroxylation sites is 1. The Balaban J connectivity index is 1.24. The van der Waals surface area contributed by atoms with E-state index in [9.17, 15) is 0 Å². The summed E-state index contributed by atoms with van der Waals surface area (Å²) < 4.78 is 6.64. The van der Waals surface area contributed by atoms with Crippen LogP contribution in [0.1, 0.15) is 25.0 Å².